The third-order valence-electron chi connectivity index (χ3n) is 1.79. The molecule has 0 amide bonds. The van der Waals surface area contributed by atoms with Crippen molar-refractivity contribution in [3.63, 3.8) is 0 Å². The molecule has 0 aliphatic heterocycles. The van der Waals surface area contributed by atoms with Gasteiger partial charge in [0.25, 0.3) is 0 Å². The minimum absolute atomic E-state index is 0.720. The normalized spacial score (nSPS) is 10.7. The maximum absolute atomic E-state index is 5.87. The summed E-state index contributed by atoms with van der Waals surface area (Å²) in [4.78, 5) is 7.13. The minimum atomic E-state index is 0.720. The van der Waals surface area contributed by atoms with Crippen LogP contribution in [0.25, 0.3) is 11.0 Å². The van der Waals surface area contributed by atoms with Gasteiger partial charge in [0, 0.05) is 17.8 Å². The fourth-order valence-corrected chi connectivity index (χ4v) is 1.27. The lowest BCUT2D eigenvalue weighted by Crippen LogP contribution is -1.80. The Balaban J connectivity index is 2.93. The number of hydrogen-bond acceptors (Lipinski definition) is 1. The second kappa shape index (κ2) is 2.24. The van der Waals surface area contributed by atoms with Crippen molar-refractivity contribution in [2.75, 3.05) is 0 Å². The van der Waals surface area contributed by atoms with Crippen LogP contribution in [0.5, 0.6) is 0 Å². The van der Waals surface area contributed by atoms with Crippen LogP contribution in [0.2, 0.25) is 5.02 Å². The first-order valence-electron chi connectivity index (χ1n) is 3.37. The highest BCUT2D eigenvalue weighted by Gasteiger charge is 2.01. The molecule has 3 heteroatoms. The molecule has 2 heterocycles. The van der Waals surface area contributed by atoms with Crippen LogP contribution in [0, 0.1) is 6.92 Å². The summed E-state index contributed by atoms with van der Waals surface area (Å²) >= 11 is 5.87. The molecule has 0 fully saturated rings. The van der Waals surface area contributed by atoms with Crippen LogP contribution in [0.4, 0.5) is 0 Å². The highest BCUT2D eigenvalue weighted by Crippen LogP contribution is 2.21. The number of aromatic nitrogens is 2. The number of halogens is 1. The van der Waals surface area contributed by atoms with E-state index in [1.165, 1.54) is 0 Å². The summed E-state index contributed by atoms with van der Waals surface area (Å²) in [6, 6.07) is 1.98. The molecule has 2 aromatic heterocycles. The van der Waals surface area contributed by atoms with Crippen molar-refractivity contribution >= 4 is 22.6 Å². The minimum Gasteiger partial charge on any atom is -0.346 e. The zero-order chi connectivity index (χ0) is 7.84. The number of rotatable bonds is 0. The Hall–Kier alpha value is -1.02. The standard InChI is InChI=1S/C8H7ClN2/c1-5-6-2-3-10-8(6)11-4-7(5)9/h2-4H,1H3,(H,10,11). The monoisotopic (exact) mass is 166 g/mol. The van der Waals surface area contributed by atoms with Crippen LogP contribution in [0.1, 0.15) is 5.56 Å². The number of hydrogen-bond donors (Lipinski definition) is 1. The Morgan fingerprint density at radius 2 is 2.36 bits per heavy atom. The first-order valence-corrected chi connectivity index (χ1v) is 3.75. The molecule has 0 unspecified atom stereocenters. The van der Waals surface area contributed by atoms with E-state index >= 15 is 0 Å². The van der Waals surface area contributed by atoms with Gasteiger partial charge in [0.2, 0.25) is 0 Å². The van der Waals surface area contributed by atoms with Crippen molar-refractivity contribution in [1.82, 2.24) is 9.97 Å². The lowest BCUT2D eigenvalue weighted by molar-refractivity contribution is 1.31. The molecule has 2 rings (SSSR count). The molecular weight excluding hydrogens is 160 g/mol. The number of pyridine rings is 1. The number of nitrogens with zero attached hydrogens (tertiary/aromatic N) is 1. The molecule has 0 aliphatic rings. The Bertz CT molecular complexity index is 392. The van der Waals surface area contributed by atoms with Gasteiger partial charge in [-0.2, -0.15) is 0 Å². The summed E-state index contributed by atoms with van der Waals surface area (Å²) in [6.45, 7) is 1.99. The quantitative estimate of drug-likeness (QED) is 0.640. The predicted octanol–water partition coefficient (Wildman–Crippen LogP) is 2.52. The van der Waals surface area contributed by atoms with Crippen LogP contribution in [0.15, 0.2) is 18.5 Å². The summed E-state index contributed by atoms with van der Waals surface area (Å²) in [5.74, 6) is 0. The number of fused-ring (bicyclic) bond motifs is 1. The van der Waals surface area contributed by atoms with Crippen LogP contribution in [-0.2, 0) is 0 Å². The van der Waals surface area contributed by atoms with Gasteiger partial charge in [0.15, 0.2) is 0 Å². The van der Waals surface area contributed by atoms with E-state index in [4.69, 9.17) is 11.6 Å². The van der Waals surface area contributed by atoms with E-state index in [1.54, 1.807) is 6.20 Å². The van der Waals surface area contributed by atoms with E-state index < -0.39 is 0 Å². The van der Waals surface area contributed by atoms with Gasteiger partial charge in [-0.05, 0) is 18.6 Å². The molecule has 56 valence electrons. The number of aromatic amines is 1. The molecule has 0 aromatic carbocycles. The molecule has 0 spiro atoms. The zero-order valence-corrected chi connectivity index (χ0v) is 6.81. The Labute approximate surface area is 69.2 Å². The lowest BCUT2D eigenvalue weighted by atomic mass is 10.2. The van der Waals surface area contributed by atoms with Gasteiger partial charge in [-0.15, -0.1) is 0 Å². The third-order valence-corrected chi connectivity index (χ3v) is 2.18. The number of nitrogens with one attached hydrogen (secondary N) is 1. The summed E-state index contributed by atoms with van der Waals surface area (Å²) in [5.41, 5.74) is 1.98. The first-order chi connectivity index (χ1) is 5.29. The molecule has 0 saturated carbocycles. The van der Waals surface area contributed by atoms with E-state index in [9.17, 15) is 0 Å². The molecular formula is C8H7ClN2. The Morgan fingerprint density at radius 1 is 1.55 bits per heavy atom. The molecule has 0 radical (unpaired) electrons. The van der Waals surface area contributed by atoms with Crippen LogP contribution in [0.3, 0.4) is 0 Å². The van der Waals surface area contributed by atoms with Crippen molar-refractivity contribution in [2.24, 2.45) is 0 Å². The predicted molar refractivity (Wildman–Crippen MR) is 45.8 cm³/mol. The highest BCUT2D eigenvalue weighted by molar-refractivity contribution is 6.32. The van der Waals surface area contributed by atoms with Crippen molar-refractivity contribution < 1.29 is 0 Å². The molecule has 0 aliphatic carbocycles. The van der Waals surface area contributed by atoms with E-state index in [2.05, 4.69) is 9.97 Å². The summed E-state index contributed by atoms with van der Waals surface area (Å²) in [6.07, 6.45) is 3.52. The lowest BCUT2D eigenvalue weighted by Gasteiger charge is -1.96. The Morgan fingerprint density at radius 3 is 3.18 bits per heavy atom. The van der Waals surface area contributed by atoms with Crippen LogP contribution >= 0.6 is 11.6 Å². The van der Waals surface area contributed by atoms with E-state index in [0.29, 0.717) is 0 Å². The molecule has 0 bridgehead atoms. The van der Waals surface area contributed by atoms with E-state index in [1.807, 2.05) is 19.2 Å². The summed E-state index contributed by atoms with van der Waals surface area (Å²) in [7, 11) is 0. The highest BCUT2D eigenvalue weighted by atomic mass is 35.5. The molecule has 1 N–H and O–H groups in total. The maximum atomic E-state index is 5.87. The van der Waals surface area contributed by atoms with Crippen molar-refractivity contribution in [3.8, 4) is 0 Å². The largest absolute Gasteiger partial charge is 0.346 e. The van der Waals surface area contributed by atoms with Crippen molar-refractivity contribution in [1.29, 1.82) is 0 Å². The smallest absolute Gasteiger partial charge is 0.137 e. The fraction of sp³-hybridized carbons (Fsp3) is 0.125. The van der Waals surface area contributed by atoms with Gasteiger partial charge in [0.1, 0.15) is 5.65 Å². The molecule has 2 nitrogen and oxygen atoms in total. The van der Waals surface area contributed by atoms with Crippen molar-refractivity contribution in [2.45, 2.75) is 6.92 Å². The zero-order valence-electron chi connectivity index (χ0n) is 6.06. The fourth-order valence-electron chi connectivity index (χ4n) is 1.12. The summed E-state index contributed by atoms with van der Waals surface area (Å²) in [5, 5.41) is 1.81. The van der Waals surface area contributed by atoms with Crippen LogP contribution < -0.4 is 0 Å². The first kappa shape index (κ1) is 6.68. The topological polar surface area (TPSA) is 28.7 Å². The second-order valence-corrected chi connectivity index (χ2v) is 2.88. The number of aryl methyl sites for hydroxylation is 1. The second-order valence-electron chi connectivity index (χ2n) is 2.47. The van der Waals surface area contributed by atoms with Gasteiger partial charge in [-0.1, -0.05) is 11.6 Å². The van der Waals surface area contributed by atoms with Gasteiger partial charge < -0.3 is 4.98 Å². The van der Waals surface area contributed by atoms with Crippen LogP contribution in [-0.4, -0.2) is 9.97 Å². The van der Waals surface area contributed by atoms with Crippen molar-refractivity contribution in [3.05, 3.63) is 29.0 Å². The van der Waals surface area contributed by atoms with E-state index in [-0.39, 0.29) is 0 Å². The van der Waals surface area contributed by atoms with E-state index in [0.717, 1.165) is 21.6 Å². The average Bonchev–Trinajstić information content (AvgIpc) is 2.45. The number of H-pyrrole nitrogens is 1. The Kier molecular flexibility index (Phi) is 1.36. The molecule has 0 atom stereocenters. The SMILES string of the molecule is Cc1c(Cl)cnc2[nH]ccc12. The van der Waals surface area contributed by atoms with Gasteiger partial charge in [-0.3, -0.25) is 0 Å². The van der Waals surface area contributed by atoms with Gasteiger partial charge in [0.05, 0.1) is 5.02 Å². The third kappa shape index (κ3) is 0.906. The maximum Gasteiger partial charge on any atom is 0.137 e. The molecule has 11 heavy (non-hydrogen) atoms. The molecule has 0 saturated heterocycles. The molecule has 2 aromatic rings. The van der Waals surface area contributed by atoms with Gasteiger partial charge in [-0.25, -0.2) is 4.98 Å². The summed E-state index contributed by atoms with van der Waals surface area (Å²) < 4.78 is 0. The van der Waals surface area contributed by atoms with Gasteiger partial charge >= 0.3 is 0 Å². The average molecular weight is 167 g/mol.